The first kappa shape index (κ1) is 21.0. The molecule has 0 saturated carbocycles. The average Bonchev–Trinajstić information content (AvgIpc) is 3.36. The first-order chi connectivity index (χ1) is 15.9. The van der Waals surface area contributed by atoms with E-state index in [4.69, 9.17) is 18.9 Å². The Hall–Kier alpha value is -3.85. The van der Waals surface area contributed by atoms with Crippen LogP contribution in [0.2, 0.25) is 0 Å². The summed E-state index contributed by atoms with van der Waals surface area (Å²) in [6, 6.07) is 12.6. The van der Waals surface area contributed by atoms with E-state index in [1.165, 1.54) is 11.0 Å². The van der Waals surface area contributed by atoms with Crippen molar-refractivity contribution in [1.82, 2.24) is 4.90 Å². The molecule has 9 nitrogen and oxygen atoms in total. The fourth-order valence-corrected chi connectivity index (χ4v) is 4.43. The lowest BCUT2D eigenvalue weighted by atomic mass is 9.87. The van der Waals surface area contributed by atoms with Gasteiger partial charge in [-0.15, -0.1) is 0 Å². The van der Waals surface area contributed by atoms with Crippen molar-refractivity contribution in [2.45, 2.75) is 12.3 Å². The van der Waals surface area contributed by atoms with Gasteiger partial charge in [-0.05, 0) is 55.9 Å². The molecule has 3 aliphatic rings. The maximum atomic E-state index is 13.6. The molecule has 1 spiro atoms. The molecule has 1 unspecified atom stereocenters. The Morgan fingerprint density at radius 2 is 1.82 bits per heavy atom. The topological polar surface area (TPSA) is 94.6 Å². The van der Waals surface area contributed by atoms with E-state index in [0.29, 0.717) is 30.2 Å². The molecule has 1 amide bonds. The Morgan fingerprint density at radius 3 is 2.58 bits per heavy atom. The number of benzene rings is 2. The Labute approximate surface area is 190 Å². The predicted octanol–water partition coefficient (Wildman–Crippen LogP) is 1.95. The van der Waals surface area contributed by atoms with Crippen molar-refractivity contribution in [3.05, 3.63) is 59.7 Å². The molecular weight excluding hydrogens is 428 g/mol. The minimum absolute atomic E-state index is 0.151. The summed E-state index contributed by atoms with van der Waals surface area (Å²) in [6.07, 6.45) is 3.44. The number of carbonyl (C=O) groups excluding carboxylic acids is 3. The number of rotatable bonds is 4. The van der Waals surface area contributed by atoms with E-state index in [-0.39, 0.29) is 6.79 Å². The van der Waals surface area contributed by atoms with Crippen LogP contribution in [0.25, 0.3) is 6.08 Å². The van der Waals surface area contributed by atoms with E-state index in [1.807, 2.05) is 31.1 Å². The number of hydrogen-bond acceptors (Lipinski definition) is 8. The third-order valence-electron chi connectivity index (χ3n) is 5.79. The molecule has 0 N–H and O–H groups in total. The van der Waals surface area contributed by atoms with Crippen LogP contribution in [0.3, 0.4) is 0 Å². The number of nitrogens with zero attached hydrogens (tertiary/aromatic N) is 2. The van der Waals surface area contributed by atoms with E-state index >= 15 is 0 Å². The van der Waals surface area contributed by atoms with E-state index < -0.39 is 29.7 Å². The van der Waals surface area contributed by atoms with Crippen molar-refractivity contribution >= 4 is 29.6 Å². The molecule has 3 aliphatic heterocycles. The number of hydrogen-bond donors (Lipinski definition) is 0. The average molecular weight is 450 g/mol. The maximum Gasteiger partial charge on any atom is 0.422 e. The zero-order valence-electron chi connectivity index (χ0n) is 18.1. The molecular formula is C24H22N2O7. The van der Waals surface area contributed by atoms with Crippen LogP contribution in [0, 0.1) is 5.92 Å². The normalized spacial score (nSPS) is 20.3. The third-order valence-corrected chi connectivity index (χ3v) is 5.79. The summed E-state index contributed by atoms with van der Waals surface area (Å²) in [7, 11) is 3.72. The molecule has 0 aromatic heterocycles. The summed E-state index contributed by atoms with van der Waals surface area (Å²) in [5.74, 6) is -3.84. The predicted molar refractivity (Wildman–Crippen MR) is 116 cm³/mol. The smallest absolute Gasteiger partial charge is 0.422 e. The second-order valence-electron chi connectivity index (χ2n) is 8.32. The fraction of sp³-hybridized carbons (Fsp3) is 0.292. The zero-order chi connectivity index (χ0) is 23.2. The minimum atomic E-state index is -1.86. The van der Waals surface area contributed by atoms with Crippen LogP contribution in [-0.4, -0.2) is 56.1 Å². The summed E-state index contributed by atoms with van der Waals surface area (Å²) in [4.78, 5) is 41.0. The van der Waals surface area contributed by atoms with Crippen LogP contribution in [0.1, 0.15) is 11.1 Å². The molecule has 3 heterocycles. The standard InChI is InChI=1S/C24H22N2O7/c1-25(2)13-17-12-16-5-3-4-6-18(16)26(24(17)32-22(28)23(29)33-24)21(27)10-8-15-7-9-19-20(11-15)31-14-30-19/h3-11,17H,12-14H2,1-2H3/b10-8+. The lowest BCUT2D eigenvalue weighted by Gasteiger charge is -2.46. The summed E-state index contributed by atoms with van der Waals surface area (Å²) >= 11 is 0. The number of amides is 1. The van der Waals surface area contributed by atoms with Gasteiger partial charge in [0, 0.05) is 12.6 Å². The van der Waals surface area contributed by atoms with Crippen LogP contribution in [0.4, 0.5) is 5.69 Å². The summed E-state index contributed by atoms with van der Waals surface area (Å²) < 4.78 is 21.7. The number of para-hydroxylation sites is 1. The maximum absolute atomic E-state index is 13.6. The van der Waals surface area contributed by atoms with Gasteiger partial charge in [-0.1, -0.05) is 24.3 Å². The highest BCUT2D eigenvalue weighted by atomic mass is 16.8. The highest BCUT2D eigenvalue weighted by Gasteiger charge is 2.62. The van der Waals surface area contributed by atoms with Crippen molar-refractivity contribution in [3.63, 3.8) is 0 Å². The van der Waals surface area contributed by atoms with Gasteiger partial charge in [0.1, 0.15) is 0 Å². The van der Waals surface area contributed by atoms with Crippen molar-refractivity contribution in [1.29, 1.82) is 0 Å². The van der Waals surface area contributed by atoms with E-state index in [2.05, 4.69) is 0 Å². The molecule has 1 atom stereocenters. The second kappa shape index (κ2) is 7.93. The first-order valence-electron chi connectivity index (χ1n) is 10.5. The SMILES string of the molecule is CN(C)CC1Cc2ccccc2N(C(=O)/C=C/c2ccc3c(c2)OCO3)C12OC(=O)C(=O)O2. The number of ether oxygens (including phenoxy) is 4. The Kier molecular flexibility index (Phi) is 5.05. The molecule has 5 rings (SSSR count). The van der Waals surface area contributed by atoms with Gasteiger partial charge in [-0.2, -0.15) is 0 Å². The third kappa shape index (κ3) is 3.60. The summed E-state index contributed by atoms with van der Waals surface area (Å²) in [5.41, 5.74) is 2.13. The van der Waals surface area contributed by atoms with Crippen LogP contribution in [0.5, 0.6) is 11.5 Å². The number of carbonyl (C=O) groups is 3. The molecule has 2 aromatic carbocycles. The van der Waals surface area contributed by atoms with Gasteiger partial charge in [0.05, 0.1) is 11.6 Å². The minimum Gasteiger partial charge on any atom is -0.454 e. The van der Waals surface area contributed by atoms with Crippen molar-refractivity contribution in [3.8, 4) is 11.5 Å². The molecule has 0 radical (unpaired) electrons. The lowest BCUT2D eigenvalue weighted by molar-refractivity contribution is -0.205. The van der Waals surface area contributed by atoms with E-state index in [1.54, 1.807) is 36.4 Å². The fourth-order valence-electron chi connectivity index (χ4n) is 4.43. The van der Waals surface area contributed by atoms with Crippen LogP contribution in [-0.2, 0) is 30.3 Å². The van der Waals surface area contributed by atoms with E-state index in [9.17, 15) is 14.4 Å². The number of fused-ring (bicyclic) bond motifs is 2. The van der Waals surface area contributed by atoms with Crippen LogP contribution < -0.4 is 14.4 Å². The second-order valence-corrected chi connectivity index (χ2v) is 8.32. The van der Waals surface area contributed by atoms with Crippen LogP contribution >= 0.6 is 0 Å². The van der Waals surface area contributed by atoms with E-state index in [0.717, 1.165) is 11.1 Å². The molecule has 9 heteroatoms. The van der Waals surface area contributed by atoms with Gasteiger partial charge in [0.25, 0.3) is 5.91 Å². The van der Waals surface area contributed by atoms with Gasteiger partial charge >= 0.3 is 17.8 Å². The lowest BCUT2D eigenvalue weighted by Crippen LogP contribution is -2.62. The van der Waals surface area contributed by atoms with Gasteiger partial charge in [0.15, 0.2) is 11.5 Å². The molecule has 1 fully saturated rings. The molecule has 33 heavy (non-hydrogen) atoms. The van der Waals surface area contributed by atoms with Gasteiger partial charge < -0.3 is 23.8 Å². The summed E-state index contributed by atoms with van der Waals surface area (Å²) in [6.45, 7) is 0.572. The number of anilines is 1. The molecule has 0 aliphatic carbocycles. The highest BCUT2D eigenvalue weighted by molar-refractivity contribution is 6.31. The quantitative estimate of drug-likeness (QED) is 0.396. The monoisotopic (exact) mass is 450 g/mol. The van der Waals surface area contributed by atoms with Gasteiger partial charge in [0.2, 0.25) is 6.79 Å². The Morgan fingerprint density at radius 1 is 1.09 bits per heavy atom. The first-order valence-corrected chi connectivity index (χ1v) is 10.5. The molecule has 170 valence electrons. The largest absolute Gasteiger partial charge is 0.454 e. The number of esters is 2. The van der Waals surface area contributed by atoms with Crippen LogP contribution in [0.15, 0.2) is 48.5 Å². The zero-order valence-corrected chi connectivity index (χ0v) is 18.1. The Balaban J connectivity index is 1.55. The molecule has 1 saturated heterocycles. The highest BCUT2D eigenvalue weighted by Crippen LogP contribution is 2.45. The molecule has 0 bridgehead atoms. The van der Waals surface area contributed by atoms with Crippen molar-refractivity contribution in [2.75, 3.05) is 32.3 Å². The molecule has 2 aromatic rings. The Bertz CT molecular complexity index is 1160. The van der Waals surface area contributed by atoms with Gasteiger partial charge in [-0.3, -0.25) is 4.79 Å². The van der Waals surface area contributed by atoms with Crippen molar-refractivity contribution in [2.24, 2.45) is 5.92 Å². The summed E-state index contributed by atoms with van der Waals surface area (Å²) in [5, 5.41) is 0. The van der Waals surface area contributed by atoms with Crippen molar-refractivity contribution < 1.29 is 33.3 Å². The van der Waals surface area contributed by atoms with Gasteiger partial charge in [-0.25, -0.2) is 14.5 Å².